The van der Waals surface area contributed by atoms with Crippen molar-refractivity contribution >= 4 is 6.09 Å². The Bertz CT molecular complexity index is 687. The molecule has 1 saturated heterocycles. The smallest absolute Gasteiger partial charge is 0.410 e. The highest BCUT2D eigenvalue weighted by molar-refractivity contribution is 5.68. The summed E-state index contributed by atoms with van der Waals surface area (Å²) in [5, 5.41) is 10.5. The SMILES string of the molecule is COc1ccc([C@@H]2[C@H](O)CCCN2C(=O)OCc2ccccc2)cc1. The van der Waals surface area contributed by atoms with Crippen LogP contribution in [0.2, 0.25) is 0 Å². The van der Waals surface area contributed by atoms with Gasteiger partial charge in [-0.25, -0.2) is 4.79 Å². The maximum absolute atomic E-state index is 12.6. The number of nitrogens with zero attached hydrogens (tertiary/aromatic N) is 1. The fourth-order valence-electron chi connectivity index (χ4n) is 3.19. The van der Waals surface area contributed by atoms with Gasteiger partial charge in [0.25, 0.3) is 0 Å². The van der Waals surface area contributed by atoms with Crippen molar-refractivity contribution < 1.29 is 19.4 Å². The molecule has 2 atom stereocenters. The van der Waals surface area contributed by atoms with E-state index in [1.807, 2.05) is 54.6 Å². The molecule has 0 unspecified atom stereocenters. The maximum atomic E-state index is 12.6. The molecule has 0 radical (unpaired) electrons. The average Bonchev–Trinajstić information content (AvgIpc) is 2.67. The van der Waals surface area contributed by atoms with Crippen molar-refractivity contribution in [3.63, 3.8) is 0 Å². The zero-order valence-corrected chi connectivity index (χ0v) is 14.3. The normalized spacial score (nSPS) is 20.2. The molecule has 0 spiro atoms. The second kappa shape index (κ2) is 8.03. The van der Waals surface area contributed by atoms with Crippen LogP contribution < -0.4 is 4.74 Å². The second-order valence-electron chi connectivity index (χ2n) is 6.16. The molecular formula is C20H23NO4. The Balaban J connectivity index is 1.73. The van der Waals surface area contributed by atoms with Gasteiger partial charge in [0.15, 0.2) is 0 Å². The summed E-state index contributed by atoms with van der Waals surface area (Å²) in [7, 11) is 1.61. The van der Waals surface area contributed by atoms with Crippen molar-refractivity contribution in [2.75, 3.05) is 13.7 Å². The minimum absolute atomic E-state index is 0.224. The molecule has 2 aromatic carbocycles. The number of hydrogen-bond acceptors (Lipinski definition) is 4. The predicted octanol–water partition coefficient (Wildman–Crippen LogP) is 3.53. The van der Waals surface area contributed by atoms with Gasteiger partial charge in [0.2, 0.25) is 0 Å². The Hall–Kier alpha value is -2.53. The predicted molar refractivity (Wildman–Crippen MR) is 94.3 cm³/mol. The van der Waals surface area contributed by atoms with E-state index in [0.717, 1.165) is 23.3 Å². The molecule has 0 aromatic heterocycles. The largest absolute Gasteiger partial charge is 0.497 e. The molecular weight excluding hydrogens is 318 g/mol. The number of aliphatic hydroxyl groups is 1. The lowest BCUT2D eigenvalue weighted by atomic mass is 9.93. The van der Waals surface area contributed by atoms with Gasteiger partial charge in [-0.1, -0.05) is 42.5 Å². The number of rotatable bonds is 4. The Morgan fingerprint density at radius 3 is 2.56 bits per heavy atom. The van der Waals surface area contributed by atoms with E-state index in [2.05, 4.69) is 0 Å². The van der Waals surface area contributed by atoms with Crippen molar-refractivity contribution in [2.24, 2.45) is 0 Å². The first kappa shape index (κ1) is 17.3. The van der Waals surface area contributed by atoms with E-state index in [4.69, 9.17) is 9.47 Å². The number of hydrogen-bond donors (Lipinski definition) is 1. The number of benzene rings is 2. The van der Waals surface area contributed by atoms with Crippen molar-refractivity contribution in [2.45, 2.75) is 31.6 Å². The number of amides is 1. The quantitative estimate of drug-likeness (QED) is 0.924. The van der Waals surface area contributed by atoms with E-state index >= 15 is 0 Å². The van der Waals surface area contributed by atoms with Gasteiger partial charge in [-0.05, 0) is 36.1 Å². The molecule has 5 nitrogen and oxygen atoms in total. The van der Waals surface area contributed by atoms with E-state index < -0.39 is 18.2 Å². The highest BCUT2D eigenvalue weighted by atomic mass is 16.6. The van der Waals surface area contributed by atoms with E-state index in [1.165, 1.54) is 0 Å². The summed E-state index contributed by atoms with van der Waals surface area (Å²) in [5.41, 5.74) is 1.82. The number of methoxy groups -OCH3 is 1. The maximum Gasteiger partial charge on any atom is 0.410 e. The minimum atomic E-state index is -0.605. The Morgan fingerprint density at radius 2 is 1.88 bits per heavy atom. The van der Waals surface area contributed by atoms with Crippen molar-refractivity contribution in [1.29, 1.82) is 0 Å². The van der Waals surface area contributed by atoms with Crippen LogP contribution in [0.1, 0.15) is 30.0 Å². The van der Waals surface area contributed by atoms with Crippen LogP contribution >= 0.6 is 0 Å². The molecule has 1 N–H and O–H groups in total. The summed E-state index contributed by atoms with van der Waals surface area (Å²) in [4.78, 5) is 14.2. The van der Waals surface area contributed by atoms with Gasteiger partial charge in [0.1, 0.15) is 12.4 Å². The second-order valence-corrected chi connectivity index (χ2v) is 6.16. The Labute approximate surface area is 147 Å². The summed E-state index contributed by atoms with van der Waals surface area (Å²) in [6, 6.07) is 16.6. The highest BCUT2D eigenvalue weighted by Gasteiger charge is 2.35. The number of likely N-dealkylation sites (tertiary alicyclic amines) is 1. The van der Waals surface area contributed by atoms with E-state index in [1.54, 1.807) is 12.0 Å². The van der Waals surface area contributed by atoms with Gasteiger partial charge in [0.05, 0.1) is 19.3 Å². The summed E-state index contributed by atoms with van der Waals surface area (Å²) < 4.78 is 10.6. The Morgan fingerprint density at radius 1 is 1.16 bits per heavy atom. The first-order chi connectivity index (χ1) is 12.2. The lowest BCUT2D eigenvalue weighted by Gasteiger charge is -2.38. The van der Waals surface area contributed by atoms with E-state index in [-0.39, 0.29) is 6.61 Å². The van der Waals surface area contributed by atoms with E-state index in [9.17, 15) is 9.90 Å². The number of ether oxygens (including phenoxy) is 2. The van der Waals surface area contributed by atoms with Gasteiger partial charge < -0.3 is 14.6 Å². The highest BCUT2D eigenvalue weighted by Crippen LogP contribution is 2.32. The minimum Gasteiger partial charge on any atom is -0.497 e. The van der Waals surface area contributed by atoms with Gasteiger partial charge in [0, 0.05) is 6.54 Å². The van der Waals surface area contributed by atoms with Crippen LogP contribution in [0.3, 0.4) is 0 Å². The third-order valence-corrected chi connectivity index (χ3v) is 4.50. The molecule has 0 bridgehead atoms. The summed E-state index contributed by atoms with van der Waals surface area (Å²) in [5.74, 6) is 0.743. The van der Waals surface area contributed by atoms with Crippen LogP contribution in [-0.2, 0) is 11.3 Å². The molecule has 2 aromatic rings. The van der Waals surface area contributed by atoms with Gasteiger partial charge in [-0.2, -0.15) is 0 Å². The molecule has 5 heteroatoms. The zero-order valence-electron chi connectivity index (χ0n) is 14.3. The molecule has 25 heavy (non-hydrogen) atoms. The molecule has 1 aliphatic rings. The number of carbonyl (C=O) groups is 1. The monoisotopic (exact) mass is 341 g/mol. The lowest BCUT2D eigenvalue weighted by Crippen LogP contribution is -2.45. The third kappa shape index (κ3) is 4.12. The summed E-state index contributed by atoms with van der Waals surface area (Å²) in [6.07, 6.45) is 0.419. The van der Waals surface area contributed by atoms with Crippen LogP contribution in [0.5, 0.6) is 5.75 Å². The summed E-state index contributed by atoms with van der Waals surface area (Å²) in [6.45, 7) is 0.795. The number of carbonyl (C=O) groups excluding carboxylic acids is 1. The lowest BCUT2D eigenvalue weighted by molar-refractivity contribution is 0.00235. The molecule has 132 valence electrons. The molecule has 1 fully saturated rings. The Kier molecular flexibility index (Phi) is 5.56. The molecule has 1 amide bonds. The van der Waals surface area contributed by atoms with Gasteiger partial charge in [-0.15, -0.1) is 0 Å². The van der Waals surface area contributed by atoms with Crippen molar-refractivity contribution in [1.82, 2.24) is 4.90 Å². The van der Waals surface area contributed by atoms with Crippen LogP contribution in [0.25, 0.3) is 0 Å². The molecule has 3 rings (SSSR count). The fraction of sp³-hybridized carbons (Fsp3) is 0.350. The van der Waals surface area contributed by atoms with Crippen LogP contribution in [0, 0.1) is 0 Å². The van der Waals surface area contributed by atoms with E-state index in [0.29, 0.717) is 13.0 Å². The first-order valence-corrected chi connectivity index (χ1v) is 8.48. The van der Waals surface area contributed by atoms with Gasteiger partial charge in [-0.3, -0.25) is 4.90 Å². The van der Waals surface area contributed by atoms with Crippen molar-refractivity contribution in [3.8, 4) is 5.75 Å². The molecule has 0 aliphatic carbocycles. The zero-order chi connectivity index (χ0) is 17.6. The first-order valence-electron chi connectivity index (χ1n) is 8.48. The number of piperidine rings is 1. The van der Waals surface area contributed by atoms with Crippen LogP contribution in [0.15, 0.2) is 54.6 Å². The topological polar surface area (TPSA) is 59.0 Å². The molecule has 1 heterocycles. The number of aliphatic hydroxyl groups excluding tert-OH is 1. The van der Waals surface area contributed by atoms with Gasteiger partial charge >= 0.3 is 6.09 Å². The summed E-state index contributed by atoms with van der Waals surface area (Å²) >= 11 is 0. The average molecular weight is 341 g/mol. The fourth-order valence-corrected chi connectivity index (χ4v) is 3.19. The van der Waals surface area contributed by atoms with Crippen LogP contribution in [0.4, 0.5) is 4.79 Å². The van der Waals surface area contributed by atoms with Crippen molar-refractivity contribution in [3.05, 3.63) is 65.7 Å². The molecule has 0 saturated carbocycles. The molecule has 1 aliphatic heterocycles. The third-order valence-electron chi connectivity index (χ3n) is 4.50. The standard InChI is InChI=1S/C20H23NO4/c1-24-17-11-9-16(10-12-17)19-18(22)8-5-13-21(19)20(23)25-14-15-6-3-2-4-7-15/h2-4,6-7,9-12,18-19,22H,5,8,13-14H2,1H3/t18-,19-/m1/s1. The van der Waals surface area contributed by atoms with Crippen LogP contribution in [-0.4, -0.2) is 35.9 Å².